The third-order valence-electron chi connectivity index (χ3n) is 3.83. The zero-order valence-electron chi connectivity index (χ0n) is 12.6. The molecule has 1 heterocycles. The molecule has 0 aliphatic heterocycles. The lowest BCUT2D eigenvalue weighted by atomic mass is 9.96. The summed E-state index contributed by atoms with van der Waals surface area (Å²) in [5, 5.41) is 11.5. The number of ether oxygens (including phenoxy) is 1. The van der Waals surface area contributed by atoms with Crippen LogP contribution in [0.4, 0.5) is 0 Å². The van der Waals surface area contributed by atoms with Crippen LogP contribution in [0.3, 0.4) is 0 Å². The van der Waals surface area contributed by atoms with Crippen molar-refractivity contribution in [3.63, 3.8) is 0 Å². The summed E-state index contributed by atoms with van der Waals surface area (Å²) in [7, 11) is 0. The molecule has 1 atom stereocenters. The molecular formula is C17H20O4. The highest BCUT2D eigenvalue weighted by Gasteiger charge is 2.59. The summed E-state index contributed by atoms with van der Waals surface area (Å²) < 4.78 is 11.1. The van der Waals surface area contributed by atoms with Gasteiger partial charge in [0.15, 0.2) is 0 Å². The second kappa shape index (κ2) is 4.60. The Morgan fingerprint density at radius 3 is 2.57 bits per heavy atom. The predicted octanol–water partition coefficient (Wildman–Crippen LogP) is 3.59. The summed E-state index contributed by atoms with van der Waals surface area (Å²) in [5.74, 6) is 0.0857. The molecule has 21 heavy (non-hydrogen) atoms. The Bertz CT molecular complexity index is 640. The summed E-state index contributed by atoms with van der Waals surface area (Å²) in [6.45, 7) is 5.48. The molecule has 0 spiro atoms. The van der Waals surface area contributed by atoms with E-state index >= 15 is 0 Å². The summed E-state index contributed by atoms with van der Waals surface area (Å²) in [6.07, 6.45) is 0.292. The Morgan fingerprint density at radius 1 is 1.33 bits per heavy atom. The molecule has 1 aromatic carbocycles. The molecule has 4 nitrogen and oxygen atoms in total. The SMILES string of the molecule is CC(C)(C)OC(=O)C1(C(O)c2cc3ccccc3o2)CC1. The highest BCUT2D eigenvalue weighted by atomic mass is 16.6. The number of para-hydroxylation sites is 1. The van der Waals surface area contributed by atoms with E-state index in [1.807, 2.05) is 45.0 Å². The van der Waals surface area contributed by atoms with Crippen LogP contribution in [0.15, 0.2) is 34.7 Å². The van der Waals surface area contributed by atoms with Crippen LogP contribution in [0.2, 0.25) is 0 Å². The number of carbonyl (C=O) groups is 1. The van der Waals surface area contributed by atoms with Crippen LogP contribution in [0, 0.1) is 5.41 Å². The predicted molar refractivity (Wildman–Crippen MR) is 78.7 cm³/mol. The molecular weight excluding hydrogens is 268 g/mol. The van der Waals surface area contributed by atoms with Gasteiger partial charge in [-0.25, -0.2) is 0 Å². The number of rotatable bonds is 3. The summed E-state index contributed by atoms with van der Waals surface area (Å²) >= 11 is 0. The van der Waals surface area contributed by atoms with Crippen LogP contribution in [0.25, 0.3) is 11.0 Å². The first kappa shape index (κ1) is 14.1. The molecule has 1 aliphatic rings. The third kappa shape index (κ3) is 2.56. The van der Waals surface area contributed by atoms with Crippen molar-refractivity contribution >= 4 is 16.9 Å². The first-order valence-corrected chi connectivity index (χ1v) is 7.22. The van der Waals surface area contributed by atoms with Crippen LogP contribution >= 0.6 is 0 Å². The molecule has 1 fully saturated rings. The summed E-state index contributed by atoms with van der Waals surface area (Å²) in [4.78, 5) is 12.3. The first-order valence-electron chi connectivity index (χ1n) is 7.22. The van der Waals surface area contributed by atoms with Gasteiger partial charge in [0.2, 0.25) is 0 Å². The Morgan fingerprint density at radius 2 is 2.00 bits per heavy atom. The topological polar surface area (TPSA) is 59.7 Å². The van der Waals surface area contributed by atoms with Crippen LogP contribution in [0.5, 0.6) is 0 Å². The molecule has 0 saturated heterocycles. The van der Waals surface area contributed by atoms with Crippen molar-refractivity contribution in [3.8, 4) is 0 Å². The summed E-state index contributed by atoms with van der Waals surface area (Å²) in [6, 6.07) is 9.35. The Hall–Kier alpha value is -1.81. The van der Waals surface area contributed by atoms with Gasteiger partial charge in [-0.1, -0.05) is 18.2 Å². The van der Waals surface area contributed by atoms with Crippen molar-refractivity contribution in [1.82, 2.24) is 0 Å². The van der Waals surface area contributed by atoms with Gasteiger partial charge in [0, 0.05) is 5.39 Å². The number of hydrogen-bond donors (Lipinski definition) is 1. The normalized spacial score (nSPS) is 18.5. The van der Waals surface area contributed by atoms with Crippen LogP contribution in [0.1, 0.15) is 45.5 Å². The van der Waals surface area contributed by atoms with Crippen LogP contribution in [-0.2, 0) is 9.53 Å². The fourth-order valence-electron chi connectivity index (χ4n) is 2.51. The largest absolute Gasteiger partial charge is 0.459 e. The Balaban J connectivity index is 1.87. The highest BCUT2D eigenvalue weighted by molar-refractivity contribution is 5.82. The van der Waals surface area contributed by atoms with E-state index in [1.54, 1.807) is 6.07 Å². The van der Waals surface area contributed by atoms with Gasteiger partial charge >= 0.3 is 5.97 Å². The van der Waals surface area contributed by atoms with Gasteiger partial charge in [-0.05, 0) is 45.7 Å². The van der Waals surface area contributed by atoms with Gasteiger partial charge in [-0.3, -0.25) is 4.79 Å². The van der Waals surface area contributed by atoms with Gasteiger partial charge in [0.05, 0.1) is 0 Å². The maximum absolute atomic E-state index is 12.3. The molecule has 0 bridgehead atoms. The molecule has 0 radical (unpaired) electrons. The van der Waals surface area contributed by atoms with Gasteiger partial charge in [-0.2, -0.15) is 0 Å². The van der Waals surface area contributed by atoms with Crippen LogP contribution < -0.4 is 0 Å². The van der Waals surface area contributed by atoms with E-state index in [2.05, 4.69) is 0 Å². The molecule has 1 aliphatic carbocycles. The fraction of sp³-hybridized carbons (Fsp3) is 0.471. The van der Waals surface area contributed by atoms with Crippen LogP contribution in [-0.4, -0.2) is 16.7 Å². The molecule has 0 amide bonds. The second-order valence-corrected chi connectivity index (χ2v) is 6.75. The zero-order chi connectivity index (χ0) is 15.3. The van der Waals surface area contributed by atoms with Crippen molar-refractivity contribution in [1.29, 1.82) is 0 Å². The third-order valence-corrected chi connectivity index (χ3v) is 3.83. The quantitative estimate of drug-likeness (QED) is 0.877. The van der Waals surface area contributed by atoms with E-state index < -0.39 is 17.1 Å². The zero-order valence-corrected chi connectivity index (χ0v) is 12.6. The number of hydrogen-bond acceptors (Lipinski definition) is 4. The molecule has 1 aromatic heterocycles. The van der Waals surface area contributed by atoms with Crippen molar-refractivity contribution in [2.75, 3.05) is 0 Å². The average molecular weight is 288 g/mol. The molecule has 1 unspecified atom stereocenters. The number of furan rings is 1. The molecule has 112 valence electrons. The highest BCUT2D eigenvalue weighted by Crippen LogP contribution is 2.56. The Kier molecular flexibility index (Phi) is 3.10. The number of aliphatic hydroxyl groups is 1. The number of benzene rings is 1. The Labute approximate surface area is 123 Å². The molecule has 1 saturated carbocycles. The van der Waals surface area contributed by atoms with Crippen molar-refractivity contribution in [3.05, 3.63) is 36.1 Å². The molecule has 2 aromatic rings. The van der Waals surface area contributed by atoms with E-state index in [4.69, 9.17) is 9.15 Å². The number of esters is 1. The van der Waals surface area contributed by atoms with Gasteiger partial charge in [-0.15, -0.1) is 0 Å². The summed E-state index contributed by atoms with van der Waals surface area (Å²) in [5.41, 5.74) is -0.687. The van der Waals surface area contributed by atoms with E-state index in [1.165, 1.54) is 0 Å². The van der Waals surface area contributed by atoms with Gasteiger partial charge in [0.25, 0.3) is 0 Å². The number of carbonyl (C=O) groups excluding carboxylic acids is 1. The number of aliphatic hydroxyl groups excluding tert-OH is 1. The second-order valence-electron chi connectivity index (χ2n) is 6.75. The average Bonchev–Trinajstić information content (AvgIpc) is 3.09. The monoisotopic (exact) mass is 288 g/mol. The van der Waals surface area contributed by atoms with E-state index in [0.29, 0.717) is 24.2 Å². The van der Waals surface area contributed by atoms with E-state index in [9.17, 15) is 9.90 Å². The standard InChI is InChI=1S/C17H20O4/c1-16(2,3)21-15(19)17(8-9-17)14(18)13-10-11-6-4-5-7-12(11)20-13/h4-7,10,14,18H,8-9H2,1-3H3. The minimum atomic E-state index is -0.959. The van der Waals surface area contributed by atoms with Crippen molar-refractivity contribution in [2.45, 2.75) is 45.3 Å². The number of fused-ring (bicyclic) bond motifs is 1. The molecule has 3 rings (SSSR count). The van der Waals surface area contributed by atoms with E-state index in [-0.39, 0.29) is 5.97 Å². The van der Waals surface area contributed by atoms with Gasteiger partial charge in [0.1, 0.15) is 28.5 Å². The van der Waals surface area contributed by atoms with E-state index in [0.717, 1.165) is 5.39 Å². The van der Waals surface area contributed by atoms with Gasteiger partial charge < -0.3 is 14.3 Å². The lowest BCUT2D eigenvalue weighted by Crippen LogP contribution is -2.33. The fourth-order valence-corrected chi connectivity index (χ4v) is 2.51. The smallest absolute Gasteiger partial charge is 0.315 e. The minimum Gasteiger partial charge on any atom is -0.459 e. The lowest BCUT2D eigenvalue weighted by molar-refractivity contribution is -0.167. The maximum Gasteiger partial charge on any atom is 0.315 e. The first-order chi connectivity index (χ1) is 9.82. The maximum atomic E-state index is 12.3. The van der Waals surface area contributed by atoms with Crippen molar-refractivity contribution < 1.29 is 19.1 Å². The molecule has 4 heteroatoms. The van der Waals surface area contributed by atoms with Crippen molar-refractivity contribution in [2.24, 2.45) is 5.41 Å². The minimum absolute atomic E-state index is 0.344. The lowest BCUT2D eigenvalue weighted by Gasteiger charge is -2.25. The molecule has 1 N–H and O–H groups in total.